The largest absolute Gasteiger partial charge is 0.444 e. The Labute approximate surface area is 169 Å². The average molecular weight is 396 g/mol. The van der Waals surface area contributed by atoms with Gasteiger partial charge in [-0.2, -0.15) is 0 Å². The van der Waals surface area contributed by atoms with Gasteiger partial charge in [-0.05, 0) is 49.1 Å². The van der Waals surface area contributed by atoms with E-state index in [9.17, 15) is 14.7 Å². The molecule has 2 aliphatic heterocycles. The molecule has 152 valence electrons. The summed E-state index contributed by atoms with van der Waals surface area (Å²) in [6.07, 6.45) is 0.256. The van der Waals surface area contributed by atoms with Gasteiger partial charge < -0.3 is 14.6 Å². The molecular weight excluding hydrogens is 372 g/mol. The summed E-state index contributed by atoms with van der Waals surface area (Å²) in [5, 5.41) is 9.24. The lowest BCUT2D eigenvalue weighted by molar-refractivity contribution is 0.0963. The number of rotatable bonds is 4. The molecule has 29 heavy (non-hydrogen) atoms. The van der Waals surface area contributed by atoms with Gasteiger partial charge in [-0.25, -0.2) is 9.59 Å². The van der Waals surface area contributed by atoms with Gasteiger partial charge in [0.1, 0.15) is 12.7 Å². The number of aliphatic hydroxyl groups is 1. The summed E-state index contributed by atoms with van der Waals surface area (Å²) < 4.78 is 10.7. The van der Waals surface area contributed by atoms with E-state index in [1.165, 1.54) is 4.90 Å². The Balaban J connectivity index is 1.53. The normalized spacial score (nSPS) is 21.0. The van der Waals surface area contributed by atoms with Crippen molar-refractivity contribution in [3.8, 4) is 0 Å². The van der Waals surface area contributed by atoms with E-state index in [0.717, 1.165) is 29.7 Å². The number of aliphatic hydroxyl groups excluding tert-OH is 1. The molecule has 2 aliphatic rings. The minimum atomic E-state index is -0.511. The van der Waals surface area contributed by atoms with Gasteiger partial charge in [0.25, 0.3) is 0 Å². The van der Waals surface area contributed by atoms with Crippen molar-refractivity contribution in [2.75, 3.05) is 23.0 Å². The molecule has 0 aromatic heterocycles. The highest BCUT2D eigenvalue weighted by atomic mass is 16.6. The smallest absolute Gasteiger partial charge is 0.414 e. The number of ether oxygens (including phenoxy) is 2. The number of cyclic esters (lactones) is 1. The first-order valence-electron chi connectivity index (χ1n) is 9.78. The maximum atomic E-state index is 12.8. The molecule has 2 aromatic rings. The van der Waals surface area contributed by atoms with Crippen molar-refractivity contribution in [3.05, 3.63) is 59.7 Å². The number of amides is 2. The average Bonchev–Trinajstić information content (AvgIpc) is 3.13. The fraction of sp³-hybridized carbons (Fsp3) is 0.364. The molecule has 1 unspecified atom stereocenters. The van der Waals surface area contributed by atoms with E-state index in [1.54, 1.807) is 11.0 Å². The van der Waals surface area contributed by atoms with Gasteiger partial charge in [-0.15, -0.1) is 0 Å². The molecule has 1 saturated heterocycles. The molecule has 2 heterocycles. The Morgan fingerprint density at radius 1 is 1.24 bits per heavy atom. The summed E-state index contributed by atoms with van der Waals surface area (Å²) in [5.74, 6) is 0. The molecule has 0 radical (unpaired) electrons. The number of hydrogen-bond acceptors (Lipinski definition) is 5. The number of aryl methyl sites for hydroxylation is 1. The Kier molecular flexibility index (Phi) is 5.40. The standard InChI is InChI=1S/C22H24N2O5/c1-15-7-8-17-11-18(23-12-19(13-25)29-21(23)26)9-10-20(17)24(15)22(27)28-14-16-5-3-2-4-6-16/h2-6,9-11,15,19,25H,7-8,12-14H2,1H3/t15?,19-/m1/s1. The van der Waals surface area contributed by atoms with Gasteiger partial charge in [-0.3, -0.25) is 9.80 Å². The molecule has 2 atom stereocenters. The first-order chi connectivity index (χ1) is 14.1. The number of hydrogen-bond donors (Lipinski definition) is 1. The van der Waals surface area contributed by atoms with Gasteiger partial charge in [0, 0.05) is 11.7 Å². The second-order valence-electron chi connectivity index (χ2n) is 7.41. The van der Waals surface area contributed by atoms with E-state index in [4.69, 9.17) is 9.47 Å². The second kappa shape index (κ2) is 8.13. The van der Waals surface area contributed by atoms with E-state index in [1.807, 2.05) is 49.4 Å². The minimum absolute atomic E-state index is 0.0205. The van der Waals surface area contributed by atoms with Crippen molar-refractivity contribution in [3.63, 3.8) is 0 Å². The fourth-order valence-corrected chi connectivity index (χ4v) is 3.80. The van der Waals surface area contributed by atoms with Gasteiger partial charge in [0.2, 0.25) is 0 Å². The highest BCUT2D eigenvalue weighted by Crippen LogP contribution is 2.35. The van der Waals surface area contributed by atoms with Crippen LogP contribution in [0.15, 0.2) is 48.5 Å². The summed E-state index contributed by atoms with van der Waals surface area (Å²) >= 11 is 0. The molecule has 1 N–H and O–H groups in total. The van der Waals surface area contributed by atoms with Gasteiger partial charge >= 0.3 is 12.2 Å². The molecule has 2 aromatic carbocycles. The van der Waals surface area contributed by atoms with E-state index >= 15 is 0 Å². The lowest BCUT2D eigenvalue weighted by Gasteiger charge is -2.35. The Morgan fingerprint density at radius 3 is 2.76 bits per heavy atom. The maximum absolute atomic E-state index is 12.8. The summed E-state index contributed by atoms with van der Waals surface area (Å²) in [7, 11) is 0. The summed E-state index contributed by atoms with van der Waals surface area (Å²) in [6.45, 7) is 2.34. The van der Waals surface area contributed by atoms with Crippen molar-refractivity contribution in [2.45, 2.75) is 38.5 Å². The lowest BCUT2D eigenvalue weighted by atomic mass is 9.96. The van der Waals surface area contributed by atoms with E-state index in [0.29, 0.717) is 12.2 Å². The lowest BCUT2D eigenvalue weighted by Crippen LogP contribution is -2.42. The van der Waals surface area contributed by atoms with Crippen LogP contribution >= 0.6 is 0 Å². The summed E-state index contributed by atoms with van der Waals surface area (Å²) in [6, 6.07) is 15.2. The molecule has 0 bridgehead atoms. The molecule has 7 heteroatoms. The number of carbonyl (C=O) groups is 2. The summed E-state index contributed by atoms with van der Waals surface area (Å²) in [5.41, 5.74) is 3.43. The quantitative estimate of drug-likeness (QED) is 0.856. The molecule has 4 rings (SSSR count). The highest BCUT2D eigenvalue weighted by molar-refractivity contribution is 5.93. The topological polar surface area (TPSA) is 79.3 Å². The van der Waals surface area contributed by atoms with Gasteiger partial charge in [0.05, 0.1) is 18.8 Å². The second-order valence-corrected chi connectivity index (χ2v) is 7.41. The van der Waals surface area contributed by atoms with Crippen LogP contribution in [0, 0.1) is 0 Å². The van der Waals surface area contributed by atoms with Crippen LogP contribution in [-0.4, -0.2) is 42.6 Å². The van der Waals surface area contributed by atoms with Crippen LogP contribution in [0.1, 0.15) is 24.5 Å². The minimum Gasteiger partial charge on any atom is -0.444 e. The zero-order chi connectivity index (χ0) is 20.4. The number of benzene rings is 2. The van der Waals surface area contributed by atoms with E-state index < -0.39 is 12.2 Å². The van der Waals surface area contributed by atoms with Crippen molar-refractivity contribution in [1.29, 1.82) is 0 Å². The van der Waals surface area contributed by atoms with Crippen LogP contribution in [0.4, 0.5) is 21.0 Å². The number of carbonyl (C=O) groups excluding carboxylic acids is 2. The van der Waals surface area contributed by atoms with E-state index in [-0.39, 0.29) is 25.3 Å². The molecule has 0 aliphatic carbocycles. The van der Waals surface area contributed by atoms with Crippen molar-refractivity contribution >= 4 is 23.6 Å². The van der Waals surface area contributed by atoms with Crippen LogP contribution in [-0.2, 0) is 22.5 Å². The zero-order valence-corrected chi connectivity index (χ0v) is 16.3. The molecular formula is C22H24N2O5. The number of anilines is 2. The SMILES string of the molecule is CC1CCc2cc(N3C[C@H](CO)OC3=O)ccc2N1C(=O)OCc1ccccc1. The van der Waals surface area contributed by atoms with Crippen LogP contribution in [0.5, 0.6) is 0 Å². The Bertz CT molecular complexity index is 901. The predicted molar refractivity (Wildman–Crippen MR) is 108 cm³/mol. The number of nitrogens with zero attached hydrogens (tertiary/aromatic N) is 2. The van der Waals surface area contributed by atoms with Crippen LogP contribution in [0.2, 0.25) is 0 Å². The third kappa shape index (κ3) is 3.91. The highest BCUT2D eigenvalue weighted by Gasteiger charge is 2.34. The van der Waals surface area contributed by atoms with Crippen LogP contribution in [0.25, 0.3) is 0 Å². The first kappa shape index (κ1) is 19.3. The van der Waals surface area contributed by atoms with Crippen molar-refractivity contribution in [2.24, 2.45) is 0 Å². The van der Waals surface area contributed by atoms with Crippen LogP contribution in [0.3, 0.4) is 0 Å². The van der Waals surface area contributed by atoms with Crippen molar-refractivity contribution < 1.29 is 24.2 Å². The molecule has 1 fully saturated rings. The fourth-order valence-electron chi connectivity index (χ4n) is 3.80. The molecule has 0 spiro atoms. The van der Waals surface area contributed by atoms with Gasteiger partial charge in [0.15, 0.2) is 0 Å². The van der Waals surface area contributed by atoms with E-state index in [2.05, 4.69) is 0 Å². The molecule has 0 saturated carbocycles. The summed E-state index contributed by atoms with van der Waals surface area (Å²) in [4.78, 5) is 28.1. The van der Waals surface area contributed by atoms with Gasteiger partial charge in [-0.1, -0.05) is 30.3 Å². The van der Waals surface area contributed by atoms with Crippen molar-refractivity contribution in [1.82, 2.24) is 0 Å². The maximum Gasteiger partial charge on any atom is 0.414 e. The predicted octanol–water partition coefficient (Wildman–Crippen LogP) is 3.48. The van der Waals surface area contributed by atoms with Crippen LogP contribution < -0.4 is 9.80 Å². The molecule has 2 amide bonds. The Hall–Kier alpha value is -3.06. The monoisotopic (exact) mass is 396 g/mol. The third-order valence-corrected chi connectivity index (χ3v) is 5.39. The first-order valence-corrected chi connectivity index (χ1v) is 9.78. The number of fused-ring (bicyclic) bond motifs is 1. The third-order valence-electron chi connectivity index (χ3n) is 5.39. The Morgan fingerprint density at radius 2 is 2.03 bits per heavy atom. The zero-order valence-electron chi connectivity index (χ0n) is 16.3. The molecule has 7 nitrogen and oxygen atoms in total.